The molecule has 0 aromatic heterocycles. The van der Waals surface area contributed by atoms with Crippen molar-refractivity contribution in [2.45, 2.75) is 0 Å². The molecule has 0 radical (unpaired) electrons. The summed E-state index contributed by atoms with van der Waals surface area (Å²) in [5, 5.41) is 3.26. The van der Waals surface area contributed by atoms with Gasteiger partial charge >= 0.3 is 0 Å². The Hall–Kier alpha value is -2.02. The van der Waals surface area contributed by atoms with Crippen molar-refractivity contribution in [2.24, 2.45) is 0 Å². The molecule has 0 fully saturated rings. The van der Waals surface area contributed by atoms with Crippen LogP contribution in [0, 0.1) is 17.7 Å². The number of carbonyl (C=O) groups excluding carboxylic acids is 1. The van der Waals surface area contributed by atoms with Gasteiger partial charge in [0.2, 0.25) is 0 Å². The Bertz CT molecular complexity index is 735. The summed E-state index contributed by atoms with van der Waals surface area (Å²) in [6.45, 7) is 0.152. The van der Waals surface area contributed by atoms with Crippen LogP contribution in [0.2, 0.25) is 10.0 Å². The maximum atomic E-state index is 12.9. The van der Waals surface area contributed by atoms with E-state index in [-0.39, 0.29) is 17.1 Å². The molecule has 0 aliphatic rings. The van der Waals surface area contributed by atoms with E-state index < -0.39 is 11.7 Å². The minimum atomic E-state index is -0.489. The van der Waals surface area contributed by atoms with Crippen LogP contribution in [-0.4, -0.2) is 12.5 Å². The molecule has 0 saturated carbocycles. The molecule has 2 nitrogen and oxygen atoms in total. The molecule has 0 aliphatic heterocycles. The summed E-state index contributed by atoms with van der Waals surface area (Å²) >= 11 is 11.6. The van der Waals surface area contributed by atoms with Gasteiger partial charge in [-0.3, -0.25) is 4.79 Å². The largest absolute Gasteiger partial charge is 0.341 e. The highest BCUT2D eigenvalue weighted by atomic mass is 35.5. The Kier molecular flexibility index (Phi) is 5.21. The van der Waals surface area contributed by atoms with E-state index in [1.54, 1.807) is 18.2 Å². The molecule has 0 spiro atoms. The Morgan fingerprint density at radius 1 is 1.19 bits per heavy atom. The van der Waals surface area contributed by atoms with Crippen LogP contribution < -0.4 is 5.32 Å². The van der Waals surface area contributed by atoms with Crippen LogP contribution in [0.5, 0.6) is 0 Å². The molecule has 0 bridgehead atoms. The van der Waals surface area contributed by atoms with E-state index in [4.69, 9.17) is 23.2 Å². The lowest BCUT2D eigenvalue weighted by Crippen LogP contribution is -2.23. The van der Waals surface area contributed by atoms with Crippen molar-refractivity contribution in [3.8, 4) is 11.8 Å². The molecule has 0 saturated heterocycles. The fourth-order valence-corrected chi connectivity index (χ4v) is 2.05. The molecule has 0 aliphatic carbocycles. The lowest BCUT2D eigenvalue weighted by Gasteiger charge is -2.03. The first-order chi connectivity index (χ1) is 10.1. The molecular formula is C16H10Cl2FNO. The number of carbonyl (C=O) groups is 1. The molecule has 21 heavy (non-hydrogen) atoms. The van der Waals surface area contributed by atoms with E-state index in [0.717, 1.165) is 11.6 Å². The predicted molar refractivity (Wildman–Crippen MR) is 82.1 cm³/mol. The predicted octanol–water partition coefficient (Wildman–Crippen LogP) is 3.91. The monoisotopic (exact) mass is 321 g/mol. The number of rotatable bonds is 2. The molecular weight excluding hydrogens is 312 g/mol. The first kappa shape index (κ1) is 15.4. The van der Waals surface area contributed by atoms with Gasteiger partial charge < -0.3 is 5.32 Å². The summed E-state index contributed by atoms with van der Waals surface area (Å²) in [6.07, 6.45) is 0. The lowest BCUT2D eigenvalue weighted by atomic mass is 10.2. The topological polar surface area (TPSA) is 29.1 Å². The van der Waals surface area contributed by atoms with E-state index >= 15 is 0 Å². The van der Waals surface area contributed by atoms with Gasteiger partial charge in [-0.25, -0.2) is 4.39 Å². The first-order valence-corrected chi connectivity index (χ1v) is 6.79. The summed E-state index contributed by atoms with van der Waals surface area (Å²) in [5.74, 6) is 4.79. The fraction of sp³-hybridized carbons (Fsp3) is 0.0625. The van der Waals surface area contributed by atoms with Crippen LogP contribution in [0.3, 0.4) is 0 Å². The second kappa shape index (κ2) is 7.12. The highest BCUT2D eigenvalue weighted by molar-refractivity contribution is 6.33. The second-order valence-electron chi connectivity index (χ2n) is 4.12. The van der Waals surface area contributed by atoms with E-state index in [1.807, 2.05) is 6.07 Å². The zero-order valence-electron chi connectivity index (χ0n) is 10.8. The molecule has 1 amide bonds. The van der Waals surface area contributed by atoms with Gasteiger partial charge in [-0.15, -0.1) is 0 Å². The van der Waals surface area contributed by atoms with Gasteiger partial charge in [-0.2, -0.15) is 0 Å². The zero-order valence-corrected chi connectivity index (χ0v) is 12.3. The summed E-state index contributed by atoms with van der Waals surface area (Å²) in [7, 11) is 0. The molecule has 1 N–H and O–H groups in total. The highest BCUT2D eigenvalue weighted by Crippen LogP contribution is 2.16. The minimum Gasteiger partial charge on any atom is -0.341 e. The molecule has 0 unspecified atom stereocenters. The Labute approximate surface area is 131 Å². The van der Waals surface area contributed by atoms with Crippen LogP contribution in [-0.2, 0) is 0 Å². The van der Waals surface area contributed by atoms with E-state index in [0.29, 0.717) is 5.02 Å². The first-order valence-electron chi connectivity index (χ1n) is 6.04. The van der Waals surface area contributed by atoms with E-state index in [2.05, 4.69) is 17.2 Å². The highest BCUT2D eigenvalue weighted by Gasteiger charge is 2.09. The SMILES string of the molecule is O=C(NCC#Cc1cccc(Cl)c1)c1ccc(F)cc1Cl. The van der Waals surface area contributed by atoms with Crippen molar-refractivity contribution < 1.29 is 9.18 Å². The number of benzene rings is 2. The fourth-order valence-electron chi connectivity index (χ4n) is 1.61. The van der Waals surface area contributed by atoms with E-state index in [9.17, 15) is 9.18 Å². The van der Waals surface area contributed by atoms with Crippen molar-refractivity contribution in [1.82, 2.24) is 5.32 Å². The Morgan fingerprint density at radius 3 is 2.71 bits per heavy atom. The number of amides is 1. The summed E-state index contributed by atoms with van der Waals surface area (Å²) in [6, 6.07) is 10.7. The molecule has 0 atom stereocenters. The molecule has 2 rings (SSSR count). The van der Waals surface area contributed by atoms with Crippen molar-refractivity contribution in [3.05, 3.63) is 69.5 Å². The Balaban J connectivity index is 1.96. The van der Waals surface area contributed by atoms with Crippen molar-refractivity contribution in [1.29, 1.82) is 0 Å². The molecule has 2 aromatic rings. The normalized spacial score (nSPS) is 9.67. The summed E-state index contributed by atoms with van der Waals surface area (Å²) in [4.78, 5) is 11.8. The maximum Gasteiger partial charge on any atom is 0.253 e. The Morgan fingerprint density at radius 2 is 2.00 bits per heavy atom. The number of hydrogen-bond acceptors (Lipinski definition) is 1. The number of halogens is 3. The third-order valence-corrected chi connectivity index (χ3v) is 3.12. The quantitative estimate of drug-likeness (QED) is 0.835. The van der Waals surface area contributed by atoms with Crippen LogP contribution in [0.4, 0.5) is 4.39 Å². The van der Waals surface area contributed by atoms with Gasteiger partial charge in [0.15, 0.2) is 0 Å². The van der Waals surface area contributed by atoms with Gasteiger partial charge in [0.05, 0.1) is 17.1 Å². The van der Waals surface area contributed by atoms with Crippen LogP contribution >= 0.6 is 23.2 Å². The molecule has 106 valence electrons. The standard InChI is InChI=1S/C16H10Cl2FNO/c17-12-5-1-3-11(9-12)4-2-8-20-16(21)14-7-6-13(19)10-15(14)18/h1,3,5-7,9-10H,8H2,(H,20,21). The van der Waals surface area contributed by atoms with Gasteiger partial charge in [-0.1, -0.05) is 41.1 Å². The molecule has 5 heteroatoms. The number of hydrogen-bond donors (Lipinski definition) is 1. The molecule has 0 heterocycles. The smallest absolute Gasteiger partial charge is 0.253 e. The van der Waals surface area contributed by atoms with Gasteiger partial charge in [0.25, 0.3) is 5.91 Å². The van der Waals surface area contributed by atoms with Crippen molar-refractivity contribution in [2.75, 3.05) is 6.54 Å². The maximum absolute atomic E-state index is 12.9. The van der Waals surface area contributed by atoms with Crippen molar-refractivity contribution in [3.63, 3.8) is 0 Å². The van der Waals surface area contributed by atoms with Crippen LogP contribution in [0.1, 0.15) is 15.9 Å². The summed E-state index contributed by atoms with van der Waals surface area (Å²) in [5.41, 5.74) is 0.971. The summed E-state index contributed by atoms with van der Waals surface area (Å²) < 4.78 is 12.9. The van der Waals surface area contributed by atoms with Crippen LogP contribution in [0.25, 0.3) is 0 Å². The zero-order chi connectivity index (χ0) is 15.2. The van der Waals surface area contributed by atoms with Gasteiger partial charge in [0.1, 0.15) is 5.82 Å². The average Bonchev–Trinajstić information content (AvgIpc) is 2.43. The molecule has 2 aromatic carbocycles. The third-order valence-electron chi connectivity index (χ3n) is 2.57. The van der Waals surface area contributed by atoms with Crippen LogP contribution in [0.15, 0.2) is 42.5 Å². The minimum absolute atomic E-state index is 0.0651. The average molecular weight is 322 g/mol. The third kappa shape index (κ3) is 4.49. The number of nitrogens with one attached hydrogen (secondary N) is 1. The van der Waals surface area contributed by atoms with Gasteiger partial charge in [-0.05, 0) is 36.4 Å². The van der Waals surface area contributed by atoms with Gasteiger partial charge in [0, 0.05) is 10.6 Å². The van der Waals surface area contributed by atoms with E-state index in [1.165, 1.54) is 12.1 Å². The second-order valence-corrected chi connectivity index (χ2v) is 4.96. The lowest BCUT2D eigenvalue weighted by molar-refractivity contribution is 0.0959. The van der Waals surface area contributed by atoms with Crippen molar-refractivity contribution >= 4 is 29.1 Å².